The van der Waals surface area contributed by atoms with Crippen molar-refractivity contribution in [2.75, 3.05) is 13.6 Å². The summed E-state index contributed by atoms with van der Waals surface area (Å²) in [6, 6.07) is 7.04. The Morgan fingerprint density at radius 3 is 2.82 bits per heavy atom. The molecule has 94 valence electrons. The van der Waals surface area contributed by atoms with Gasteiger partial charge in [-0.15, -0.1) is 0 Å². The molecular weight excluding hydrogens is 206 g/mol. The lowest BCUT2D eigenvalue weighted by atomic mass is 9.68. The van der Waals surface area contributed by atoms with Crippen LogP contribution >= 0.6 is 0 Å². The van der Waals surface area contributed by atoms with Gasteiger partial charge >= 0.3 is 0 Å². The summed E-state index contributed by atoms with van der Waals surface area (Å²) in [6.45, 7) is 8.10. The number of fused-ring (bicyclic) bond motifs is 1. The molecule has 0 aliphatic heterocycles. The number of hydrogen-bond acceptors (Lipinski definition) is 1. The summed E-state index contributed by atoms with van der Waals surface area (Å²) in [4.78, 5) is 0. The van der Waals surface area contributed by atoms with Gasteiger partial charge in [-0.2, -0.15) is 0 Å². The van der Waals surface area contributed by atoms with E-state index in [1.807, 2.05) is 7.05 Å². The third-order valence-electron chi connectivity index (χ3n) is 4.24. The van der Waals surface area contributed by atoms with Crippen LogP contribution in [0, 0.1) is 6.92 Å². The quantitative estimate of drug-likeness (QED) is 0.835. The Bertz CT molecular complexity index is 393. The van der Waals surface area contributed by atoms with E-state index in [2.05, 4.69) is 44.3 Å². The first-order valence-electron chi connectivity index (χ1n) is 6.80. The Morgan fingerprint density at radius 2 is 2.12 bits per heavy atom. The summed E-state index contributed by atoms with van der Waals surface area (Å²) in [5.41, 5.74) is 4.94. The average Bonchev–Trinajstić information content (AvgIpc) is 2.29. The maximum atomic E-state index is 3.28. The summed E-state index contributed by atoms with van der Waals surface area (Å²) in [7, 11) is 2.04. The summed E-state index contributed by atoms with van der Waals surface area (Å²) >= 11 is 0. The molecule has 0 heterocycles. The van der Waals surface area contributed by atoms with Gasteiger partial charge < -0.3 is 5.32 Å². The number of nitrogens with one attached hydrogen (secondary N) is 1. The topological polar surface area (TPSA) is 12.0 Å². The van der Waals surface area contributed by atoms with Gasteiger partial charge in [-0.05, 0) is 62.2 Å². The third-order valence-corrected chi connectivity index (χ3v) is 4.24. The monoisotopic (exact) mass is 231 g/mol. The molecule has 0 spiro atoms. The van der Waals surface area contributed by atoms with Gasteiger partial charge in [0.2, 0.25) is 0 Å². The van der Waals surface area contributed by atoms with Crippen LogP contribution in [0.15, 0.2) is 18.2 Å². The van der Waals surface area contributed by atoms with Crippen molar-refractivity contribution < 1.29 is 0 Å². The maximum absolute atomic E-state index is 3.28. The van der Waals surface area contributed by atoms with Crippen LogP contribution in [0.5, 0.6) is 0 Å². The fourth-order valence-electron chi connectivity index (χ4n) is 3.06. The molecule has 0 fully saturated rings. The van der Waals surface area contributed by atoms with Crippen LogP contribution in [0.4, 0.5) is 0 Å². The minimum Gasteiger partial charge on any atom is -0.320 e. The first-order valence-corrected chi connectivity index (χ1v) is 6.80. The minimum atomic E-state index is 0.359. The van der Waals surface area contributed by atoms with Crippen LogP contribution in [-0.2, 0) is 5.41 Å². The zero-order valence-electron chi connectivity index (χ0n) is 11.6. The molecule has 17 heavy (non-hydrogen) atoms. The number of benzene rings is 1. The molecule has 0 bridgehead atoms. The van der Waals surface area contributed by atoms with Crippen molar-refractivity contribution in [2.24, 2.45) is 0 Å². The number of hydrogen-bond donors (Lipinski definition) is 1. The molecular formula is C16H25N. The van der Waals surface area contributed by atoms with Gasteiger partial charge in [-0.3, -0.25) is 0 Å². The van der Waals surface area contributed by atoms with Crippen LogP contribution in [0.1, 0.15) is 55.7 Å². The Hall–Kier alpha value is -0.820. The SMILES string of the molecule is CNCCC1CCC(C)(C)c2cc(C)ccc21. The first kappa shape index (κ1) is 12.6. The average molecular weight is 231 g/mol. The van der Waals surface area contributed by atoms with Gasteiger partial charge in [0.15, 0.2) is 0 Å². The van der Waals surface area contributed by atoms with Crippen molar-refractivity contribution in [1.29, 1.82) is 0 Å². The lowest BCUT2D eigenvalue weighted by molar-refractivity contribution is 0.380. The fraction of sp³-hybridized carbons (Fsp3) is 0.625. The lowest BCUT2D eigenvalue weighted by Gasteiger charge is -2.37. The molecule has 1 heteroatoms. The van der Waals surface area contributed by atoms with E-state index in [0.29, 0.717) is 5.41 Å². The zero-order chi connectivity index (χ0) is 12.5. The molecule has 1 unspecified atom stereocenters. The summed E-state index contributed by atoms with van der Waals surface area (Å²) in [6.07, 6.45) is 3.92. The van der Waals surface area contributed by atoms with Gasteiger partial charge in [0.25, 0.3) is 0 Å². The number of aryl methyl sites for hydroxylation is 1. The van der Waals surface area contributed by atoms with Gasteiger partial charge in [0.1, 0.15) is 0 Å². The van der Waals surface area contributed by atoms with Gasteiger partial charge in [0, 0.05) is 0 Å². The smallest absolute Gasteiger partial charge is 0.00461 e. The normalized spacial score (nSPS) is 22.2. The second-order valence-electron chi connectivity index (χ2n) is 6.10. The van der Waals surface area contributed by atoms with E-state index in [1.54, 1.807) is 11.1 Å². The van der Waals surface area contributed by atoms with Crippen LogP contribution in [0.3, 0.4) is 0 Å². The minimum absolute atomic E-state index is 0.359. The third kappa shape index (κ3) is 2.55. The highest BCUT2D eigenvalue weighted by atomic mass is 14.8. The Morgan fingerprint density at radius 1 is 1.35 bits per heavy atom. The molecule has 1 aromatic carbocycles. The maximum Gasteiger partial charge on any atom is -0.00461 e. The summed E-state index contributed by atoms with van der Waals surface area (Å²) in [5, 5.41) is 3.28. The Labute approximate surface area is 106 Å². The Kier molecular flexibility index (Phi) is 3.58. The van der Waals surface area contributed by atoms with Crippen LogP contribution < -0.4 is 5.32 Å². The molecule has 1 nitrogen and oxygen atoms in total. The van der Waals surface area contributed by atoms with Crippen molar-refractivity contribution in [2.45, 2.75) is 51.4 Å². The van der Waals surface area contributed by atoms with E-state index in [9.17, 15) is 0 Å². The van der Waals surface area contributed by atoms with Crippen molar-refractivity contribution in [1.82, 2.24) is 5.32 Å². The molecule has 2 rings (SSSR count). The van der Waals surface area contributed by atoms with Crippen molar-refractivity contribution in [3.63, 3.8) is 0 Å². The molecule has 1 N–H and O–H groups in total. The fourth-order valence-corrected chi connectivity index (χ4v) is 3.06. The predicted molar refractivity (Wildman–Crippen MR) is 74.7 cm³/mol. The van der Waals surface area contributed by atoms with Gasteiger partial charge in [-0.1, -0.05) is 37.6 Å². The molecule has 0 amide bonds. The Balaban J connectivity index is 2.34. The molecule has 0 radical (unpaired) electrons. The van der Waals surface area contributed by atoms with Crippen molar-refractivity contribution in [3.05, 3.63) is 34.9 Å². The lowest BCUT2D eigenvalue weighted by Crippen LogP contribution is -2.27. The standard InChI is InChI=1S/C16H25N/c1-12-5-6-14-13(8-10-17-4)7-9-16(2,3)15(14)11-12/h5-6,11,13,17H,7-10H2,1-4H3. The van der Waals surface area contributed by atoms with E-state index in [4.69, 9.17) is 0 Å². The van der Waals surface area contributed by atoms with Crippen molar-refractivity contribution >= 4 is 0 Å². The van der Waals surface area contributed by atoms with E-state index in [-0.39, 0.29) is 0 Å². The van der Waals surface area contributed by atoms with Crippen LogP contribution in [-0.4, -0.2) is 13.6 Å². The summed E-state index contributed by atoms with van der Waals surface area (Å²) < 4.78 is 0. The van der Waals surface area contributed by atoms with E-state index in [1.165, 1.54) is 24.8 Å². The summed E-state index contributed by atoms with van der Waals surface area (Å²) in [5.74, 6) is 0.756. The molecule has 1 atom stereocenters. The molecule has 0 saturated heterocycles. The predicted octanol–water partition coefficient (Wildman–Crippen LogP) is 3.76. The molecule has 1 aliphatic rings. The van der Waals surface area contributed by atoms with Gasteiger partial charge in [0.05, 0.1) is 0 Å². The van der Waals surface area contributed by atoms with Crippen LogP contribution in [0.25, 0.3) is 0 Å². The largest absolute Gasteiger partial charge is 0.320 e. The number of rotatable bonds is 3. The molecule has 1 aliphatic carbocycles. The second kappa shape index (κ2) is 4.81. The van der Waals surface area contributed by atoms with Gasteiger partial charge in [-0.25, -0.2) is 0 Å². The van der Waals surface area contributed by atoms with Crippen molar-refractivity contribution in [3.8, 4) is 0 Å². The van der Waals surface area contributed by atoms with E-state index in [0.717, 1.165) is 12.5 Å². The van der Waals surface area contributed by atoms with Crippen LogP contribution in [0.2, 0.25) is 0 Å². The highest BCUT2D eigenvalue weighted by Gasteiger charge is 2.32. The first-order chi connectivity index (χ1) is 8.04. The highest BCUT2D eigenvalue weighted by molar-refractivity contribution is 5.41. The second-order valence-corrected chi connectivity index (χ2v) is 6.10. The van der Waals surface area contributed by atoms with E-state index < -0.39 is 0 Å². The highest BCUT2D eigenvalue weighted by Crippen LogP contribution is 2.43. The molecule has 0 saturated carbocycles. The van der Waals surface area contributed by atoms with E-state index >= 15 is 0 Å². The molecule has 1 aromatic rings. The molecule has 0 aromatic heterocycles. The zero-order valence-corrected chi connectivity index (χ0v) is 11.6.